The van der Waals surface area contributed by atoms with E-state index in [1.165, 1.54) is 7.11 Å². The van der Waals surface area contributed by atoms with Gasteiger partial charge in [0.1, 0.15) is 17.5 Å². The lowest BCUT2D eigenvalue weighted by atomic mass is 10.1. The number of carbonyl (C=O) groups excluding carboxylic acids is 1. The van der Waals surface area contributed by atoms with Crippen molar-refractivity contribution >= 4 is 21.6 Å². The molecule has 2 aromatic rings. The van der Waals surface area contributed by atoms with Crippen LogP contribution in [0.5, 0.6) is 11.5 Å². The predicted octanol–water partition coefficient (Wildman–Crippen LogP) is 2.48. The van der Waals surface area contributed by atoms with E-state index in [0.717, 1.165) is 27.4 Å². The molecule has 0 aromatic heterocycles. The van der Waals surface area contributed by atoms with Gasteiger partial charge >= 0.3 is 0 Å². The number of hydrogen-bond donors (Lipinski definition) is 1. The van der Waals surface area contributed by atoms with Gasteiger partial charge in [-0.05, 0) is 49.2 Å². The van der Waals surface area contributed by atoms with E-state index in [1.54, 1.807) is 38.3 Å². The van der Waals surface area contributed by atoms with Gasteiger partial charge in [-0.15, -0.1) is 0 Å². The average Bonchev–Trinajstić information content (AvgIpc) is 2.65. The molecule has 2 rings (SSSR count). The minimum absolute atomic E-state index is 0.274. The van der Waals surface area contributed by atoms with E-state index in [9.17, 15) is 13.2 Å². The van der Waals surface area contributed by atoms with Gasteiger partial charge in [-0.2, -0.15) is 0 Å². The Morgan fingerprint density at radius 2 is 1.75 bits per heavy atom. The smallest absolute Gasteiger partial charge is 0.243 e. The van der Waals surface area contributed by atoms with Gasteiger partial charge < -0.3 is 14.8 Å². The van der Waals surface area contributed by atoms with E-state index in [4.69, 9.17) is 9.47 Å². The Kier molecular flexibility index (Phi) is 6.90. The molecule has 1 N–H and O–H groups in total. The topological polar surface area (TPSA) is 84.9 Å². The van der Waals surface area contributed by atoms with Gasteiger partial charge in [0.05, 0.1) is 26.2 Å². The highest BCUT2D eigenvalue weighted by Crippen LogP contribution is 2.32. The highest BCUT2D eigenvalue weighted by atomic mass is 32.2. The predicted molar refractivity (Wildman–Crippen MR) is 109 cm³/mol. The number of amides is 1. The zero-order valence-corrected chi connectivity index (χ0v) is 17.5. The number of benzene rings is 2. The fraction of sp³-hybridized carbons (Fsp3) is 0.350. The van der Waals surface area contributed by atoms with Crippen LogP contribution in [0.1, 0.15) is 18.1 Å². The number of rotatable bonds is 8. The van der Waals surface area contributed by atoms with E-state index in [-0.39, 0.29) is 6.54 Å². The maximum absolute atomic E-state index is 12.7. The van der Waals surface area contributed by atoms with E-state index in [0.29, 0.717) is 11.4 Å². The standard InChI is InChI=1S/C20H26N2O5S/c1-14-6-11-19(27-4)18(12-14)22(28(5,24)25)15(2)20(23)21-13-16-7-9-17(26-3)10-8-16/h6-12,15H,13H2,1-5H3,(H,21,23)/t15-/m0/s1. The van der Waals surface area contributed by atoms with Crippen LogP contribution in [0.15, 0.2) is 42.5 Å². The molecule has 8 heteroatoms. The summed E-state index contributed by atoms with van der Waals surface area (Å²) in [7, 11) is -0.685. The average molecular weight is 407 g/mol. The molecular weight excluding hydrogens is 380 g/mol. The summed E-state index contributed by atoms with van der Waals surface area (Å²) in [5.41, 5.74) is 2.06. The molecule has 0 aliphatic carbocycles. The molecule has 0 saturated heterocycles. The molecule has 1 atom stereocenters. The van der Waals surface area contributed by atoms with Gasteiger partial charge in [0, 0.05) is 6.54 Å². The zero-order chi connectivity index (χ0) is 20.9. The van der Waals surface area contributed by atoms with E-state index >= 15 is 0 Å². The van der Waals surface area contributed by atoms with Crippen LogP contribution in [0, 0.1) is 6.92 Å². The van der Waals surface area contributed by atoms with Crippen LogP contribution in [-0.2, 0) is 21.4 Å². The van der Waals surface area contributed by atoms with Gasteiger partial charge in [-0.3, -0.25) is 9.10 Å². The van der Waals surface area contributed by atoms with Crippen molar-refractivity contribution in [1.29, 1.82) is 0 Å². The summed E-state index contributed by atoms with van der Waals surface area (Å²) in [5.74, 6) is 0.689. The number of hydrogen-bond acceptors (Lipinski definition) is 5. The second kappa shape index (κ2) is 8.97. The van der Waals surface area contributed by atoms with Gasteiger partial charge in [-0.1, -0.05) is 18.2 Å². The van der Waals surface area contributed by atoms with Crippen molar-refractivity contribution in [3.8, 4) is 11.5 Å². The van der Waals surface area contributed by atoms with Crippen molar-refractivity contribution in [3.63, 3.8) is 0 Å². The summed E-state index contributed by atoms with van der Waals surface area (Å²) < 4.78 is 36.5. The molecule has 0 fully saturated rings. The number of aryl methyl sites for hydroxylation is 1. The third-order valence-electron chi connectivity index (χ3n) is 4.29. The minimum Gasteiger partial charge on any atom is -0.497 e. The highest BCUT2D eigenvalue weighted by Gasteiger charge is 2.31. The molecule has 0 saturated carbocycles. The zero-order valence-electron chi connectivity index (χ0n) is 16.7. The molecule has 0 aliphatic heterocycles. The SMILES string of the molecule is COc1ccc(CNC(=O)[C@H](C)N(c2cc(C)ccc2OC)S(C)(=O)=O)cc1. The van der Waals surface area contributed by atoms with Crippen LogP contribution in [0.4, 0.5) is 5.69 Å². The first-order chi connectivity index (χ1) is 13.2. The third kappa shape index (κ3) is 5.16. The lowest BCUT2D eigenvalue weighted by Gasteiger charge is -2.29. The molecule has 152 valence electrons. The molecule has 1 amide bonds. The van der Waals surface area contributed by atoms with Gasteiger partial charge in [0.2, 0.25) is 15.9 Å². The Morgan fingerprint density at radius 3 is 2.29 bits per heavy atom. The maximum atomic E-state index is 12.7. The molecular formula is C20H26N2O5S. The molecule has 0 bridgehead atoms. The summed E-state index contributed by atoms with van der Waals surface area (Å²) in [6.07, 6.45) is 1.07. The maximum Gasteiger partial charge on any atom is 0.243 e. The fourth-order valence-corrected chi connectivity index (χ4v) is 4.00. The van der Waals surface area contributed by atoms with Crippen LogP contribution in [-0.4, -0.2) is 40.8 Å². The van der Waals surface area contributed by atoms with Crippen LogP contribution in [0.25, 0.3) is 0 Å². The summed E-state index contributed by atoms with van der Waals surface area (Å²) in [6, 6.07) is 11.5. The van der Waals surface area contributed by atoms with Gasteiger partial charge in [0.25, 0.3) is 0 Å². The molecule has 0 spiro atoms. The largest absolute Gasteiger partial charge is 0.497 e. The van der Waals surface area contributed by atoms with Crippen molar-refractivity contribution in [1.82, 2.24) is 5.32 Å². The summed E-state index contributed by atoms with van der Waals surface area (Å²) >= 11 is 0. The Balaban J connectivity index is 2.24. The number of nitrogens with zero attached hydrogens (tertiary/aromatic N) is 1. The molecule has 2 aromatic carbocycles. The second-order valence-electron chi connectivity index (χ2n) is 6.48. The number of anilines is 1. The van der Waals surface area contributed by atoms with Crippen LogP contribution >= 0.6 is 0 Å². The van der Waals surface area contributed by atoms with Gasteiger partial charge in [-0.25, -0.2) is 8.42 Å². The summed E-state index contributed by atoms with van der Waals surface area (Å²) in [4.78, 5) is 12.7. The van der Waals surface area contributed by atoms with E-state index in [1.807, 2.05) is 25.1 Å². The van der Waals surface area contributed by atoms with Gasteiger partial charge in [0.15, 0.2) is 0 Å². The summed E-state index contributed by atoms with van der Waals surface area (Å²) in [5, 5.41) is 2.78. The third-order valence-corrected chi connectivity index (χ3v) is 5.51. The fourth-order valence-electron chi connectivity index (χ4n) is 2.83. The Labute approximate surface area is 166 Å². The van der Waals surface area contributed by atoms with Crippen molar-refractivity contribution < 1.29 is 22.7 Å². The second-order valence-corrected chi connectivity index (χ2v) is 8.34. The van der Waals surface area contributed by atoms with Crippen LogP contribution in [0.3, 0.4) is 0 Å². The van der Waals surface area contributed by atoms with Crippen molar-refractivity contribution in [2.24, 2.45) is 0 Å². The Bertz CT molecular complexity index is 926. The minimum atomic E-state index is -3.73. The number of carbonyl (C=O) groups is 1. The number of methoxy groups -OCH3 is 2. The molecule has 7 nitrogen and oxygen atoms in total. The molecule has 0 unspecified atom stereocenters. The highest BCUT2D eigenvalue weighted by molar-refractivity contribution is 7.92. The van der Waals surface area contributed by atoms with Crippen molar-refractivity contribution in [3.05, 3.63) is 53.6 Å². The van der Waals surface area contributed by atoms with Crippen LogP contribution < -0.4 is 19.1 Å². The van der Waals surface area contributed by atoms with E-state index in [2.05, 4.69) is 5.32 Å². The first-order valence-electron chi connectivity index (χ1n) is 8.72. The number of sulfonamides is 1. The van der Waals surface area contributed by atoms with Crippen molar-refractivity contribution in [2.45, 2.75) is 26.4 Å². The lowest BCUT2D eigenvalue weighted by Crippen LogP contribution is -2.47. The van der Waals surface area contributed by atoms with Crippen molar-refractivity contribution in [2.75, 3.05) is 24.8 Å². The normalized spacial score (nSPS) is 12.2. The molecule has 0 radical (unpaired) electrons. The monoisotopic (exact) mass is 406 g/mol. The van der Waals surface area contributed by atoms with Crippen LogP contribution in [0.2, 0.25) is 0 Å². The molecule has 28 heavy (non-hydrogen) atoms. The quantitative estimate of drug-likeness (QED) is 0.728. The van der Waals surface area contributed by atoms with E-state index < -0.39 is 22.0 Å². The first-order valence-corrected chi connectivity index (χ1v) is 10.6. The number of nitrogens with one attached hydrogen (secondary N) is 1. The number of ether oxygens (including phenoxy) is 2. The Hall–Kier alpha value is -2.74. The molecule has 0 heterocycles. The Morgan fingerprint density at radius 1 is 1.11 bits per heavy atom. The lowest BCUT2D eigenvalue weighted by molar-refractivity contribution is -0.122. The molecule has 0 aliphatic rings. The first kappa shape index (κ1) is 21.6. The summed E-state index contributed by atoms with van der Waals surface area (Å²) in [6.45, 7) is 3.67.